The van der Waals surface area contributed by atoms with Crippen LogP contribution in [0.2, 0.25) is 0 Å². The average molecular weight is 449 g/mol. The quantitative estimate of drug-likeness (QED) is 0.447. The van der Waals surface area contributed by atoms with Gasteiger partial charge >= 0.3 is 11.7 Å². The van der Waals surface area contributed by atoms with Crippen molar-refractivity contribution in [2.75, 3.05) is 6.61 Å². The fraction of sp³-hybridized carbons (Fsp3) is 0.320. The number of hydrogen-bond acceptors (Lipinski definition) is 5. The summed E-state index contributed by atoms with van der Waals surface area (Å²) in [7, 11) is 1.59. The van der Waals surface area contributed by atoms with E-state index in [2.05, 4.69) is 18.8 Å². The third kappa shape index (κ3) is 4.47. The summed E-state index contributed by atoms with van der Waals surface area (Å²) in [5.74, 6) is 0.938. The van der Waals surface area contributed by atoms with Crippen molar-refractivity contribution >= 4 is 11.2 Å². The van der Waals surface area contributed by atoms with Crippen molar-refractivity contribution in [2.24, 2.45) is 7.05 Å². The Hall–Kier alpha value is -3.65. The summed E-state index contributed by atoms with van der Waals surface area (Å²) < 4.78 is 10.4. The van der Waals surface area contributed by atoms with Gasteiger partial charge in [0, 0.05) is 20.2 Å². The van der Waals surface area contributed by atoms with Gasteiger partial charge in [0.15, 0.2) is 11.2 Å². The van der Waals surface area contributed by atoms with Crippen LogP contribution in [-0.2, 0) is 20.1 Å². The molecule has 0 fully saturated rings. The Bertz CT molecular complexity index is 1380. The number of aliphatic hydroxyl groups is 1. The van der Waals surface area contributed by atoms with Crippen molar-refractivity contribution < 1.29 is 9.84 Å². The van der Waals surface area contributed by atoms with Crippen LogP contribution in [0, 0.1) is 0 Å². The molecule has 2 aromatic heterocycles. The maximum Gasteiger partial charge on any atom is 0.332 e. The Morgan fingerprint density at radius 2 is 1.79 bits per heavy atom. The first-order chi connectivity index (χ1) is 15.9. The first-order valence-electron chi connectivity index (χ1n) is 11.0. The Balaban J connectivity index is 1.92. The number of imidazole rings is 1. The number of aromatic nitrogens is 4. The van der Waals surface area contributed by atoms with Gasteiger partial charge in [-0.2, -0.15) is 4.98 Å². The number of hydrogen-bond donors (Lipinski definition) is 1. The molecule has 0 aliphatic heterocycles. The van der Waals surface area contributed by atoms with Crippen molar-refractivity contribution in [1.82, 2.24) is 18.7 Å². The van der Waals surface area contributed by atoms with Gasteiger partial charge in [0.2, 0.25) is 0 Å². The molecule has 4 rings (SSSR count). The Kier molecular flexibility index (Phi) is 6.46. The molecule has 8 nitrogen and oxygen atoms in total. The minimum Gasteiger partial charge on any atom is -0.425 e. The maximum absolute atomic E-state index is 13.4. The SMILES string of the molecule is CC(C)c1cccc(Oc2nc3c(c(=O)n(CCCO)c(=O)n3C)n2Cc2ccccc2)c1. The number of benzene rings is 2. The highest BCUT2D eigenvalue weighted by Crippen LogP contribution is 2.27. The highest BCUT2D eigenvalue weighted by atomic mass is 16.5. The highest BCUT2D eigenvalue weighted by Gasteiger charge is 2.22. The molecule has 172 valence electrons. The second-order valence-electron chi connectivity index (χ2n) is 8.34. The fourth-order valence-corrected chi connectivity index (χ4v) is 3.81. The lowest BCUT2D eigenvalue weighted by Crippen LogP contribution is -2.39. The molecule has 0 aliphatic carbocycles. The lowest BCUT2D eigenvalue weighted by atomic mass is 10.0. The summed E-state index contributed by atoms with van der Waals surface area (Å²) in [4.78, 5) is 30.8. The molecule has 0 aliphatic rings. The second kappa shape index (κ2) is 9.46. The normalized spacial score (nSPS) is 11.4. The van der Waals surface area contributed by atoms with E-state index in [1.54, 1.807) is 11.6 Å². The lowest BCUT2D eigenvalue weighted by Gasteiger charge is -2.12. The van der Waals surface area contributed by atoms with E-state index in [0.717, 1.165) is 15.7 Å². The second-order valence-corrected chi connectivity index (χ2v) is 8.34. The van der Waals surface area contributed by atoms with Crippen molar-refractivity contribution in [3.8, 4) is 11.8 Å². The molecule has 4 aromatic rings. The van der Waals surface area contributed by atoms with E-state index in [1.807, 2.05) is 54.6 Å². The molecule has 0 bridgehead atoms. The van der Waals surface area contributed by atoms with Gasteiger partial charge in [-0.3, -0.25) is 18.5 Å². The van der Waals surface area contributed by atoms with Gasteiger partial charge in [-0.05, 0) is 35.6 Å². The minimum absolute atomic E-state index is 0.114. The van der Waals surface area contributed by atoms with Gasteiger partial charge in [0.1, 0.15) is 5.75 Å². The van der Waals surface area contributed by atoms with Gasteiger partial charge in [0.05, 0.1) is 6.54 Å². The molecular formula is C25H28N4O4. The summed E-state index contributed by atoms with van der Waals surface area (Å²) in [5, 5.41) is 9.21. The summed E-state index contributed by atoms with van der Waals surface area (Å²) >= 11 is 0. The minimum atomic E-state index is -0.473. The maximum atomic E-state index is 13.4. The van der Waals surface area contributed by atoms with E-state index in [9.17, 15) is 14.7 Å². The van der Waals surface area contributed by atoms with E-state index in [0.29, 0.717) is 24.6 Å². The summed E-state index contributed by atoms with van der Waals surface area (Å²) in [6.45, 7) is 4.57. The lowest BCUT2D eigenvalue weighted by molar-refractivity contribution is 0.277. The van der Waals surface area contributed by atoms with Gasteiger partial charge in [-0.1, -0.05) is 56.3 Å². The standard InChI is InChI=1S/C25H28N4O4/c1-17(2)19-11-7-12-20(15-19)33-24-26-22-21(29(24)16-18-9-5-4-6-10-18)23(31)28(13-8-14-30)25(32)27(22)3/h4-7,9-12,15,17,30H,8,13-14,16H2,1-3H3. The van der Waals surface area contributed by atoms with Gasteiger partial charge < -0.3 is 9.84 Å². The number of aliphatic hydroxyl groups excluding tert-OH is 1. The third-order valence-electron chi connectivity index (χ3n) is 5.65. The Labute approximate surface area is 191 Å². The van der Waals surface area contributed by atoms with Crippen molar-refractivity contribution in [2.45, 2.75) is 39.3 Å². The number of ether oxygens (including phenoxy) is 1. The predicted molar refractivity (Wildman–Crippen MR) is 127 cm³/mol. The highest BCUT2D eigenvalue weighted by molar-refractivity contribution is 5.72. The monoisotopic (exact) mass is 448 g/mol. The molecule has 33 heavy (non-hydrogen) atoms. The molecule has 2 heterocycles. The first-order valence-corrected chi connectivity index (χ1v) is 11.0. The Morgan fingerprint density at radius 3 is 2.48 bits per heavy atom. The van der Waals surface area contributed by atoms with Gasteiger partial charge in [0.25, 0.3) is 5.56 Å². The van der Waals surface area contributed by atoms with E-state index >= 15 is 0 Å². The zero-order chi connectivity index (χ0) is 23.5. The molecule has 8 heteroatoms. The molecule has 0 spiro atoms. The van der Waals surface area contributed by atoms with Crippen LogP contribution in [0.25, 0.3) is 11.2 Å². The molecule has 0 radical (unpaired) electrons. The van der Waals surface area contributed by atoms with Crippen LogP contribution in [0.1, 0.15) is 37.3 Å². The third-order valence-corrected chi connectivity index (χ3v) is 5.65. The van der Waals surface area contributed by atoms with Crippen LogP contribution >= 0.6 is 0 Å². The van der Waals surface area contributed by atoms with E-state index < -0.39 is 11.2 Å². The molecule has 0 amide bonds. The van der Waals surface area contributed by atoms with Crippen molar-refractivity contribution in [3.05, 3.63) is 86.6 Å². The zero-order valence-corrected chi connectivity index (χ0v) is 19.1. The number of rotatable bonds is 8. The van der Waals surface area contributed by atoms with Crippen molar-refractivity contribution in [1.29, 1.82) is 0 Å². The van der Waals surface area contributed by atoms with Crippen LogP contribution in [0.15, 0.2) is 64.2 Å². The van der Waals surface area contributed by atoms with Crippen LogP contribution < -0.4 is 16.0 Å². The van der Waals surface area contributed by atoms with E-state index in [-0.39, 0.29) is 30.3 Å². The number of aryl methyl sites for hydroxylation is 1. The predicted octanol–water partition coefficient (Wildman–Crippen LogP) is 3.24. The van der Waals surface area contributed by atoms with Crippen LogP contribution in [0.5, 0.6) is 11.8 Å². The average Bonchev–Trinajstić information content (AvgIpc) is 3.16. The van der Waals surface area contributed by atoms with E-state index in [4.69, 9.17) is 4.74 Å². The number of nitrogens with zero attached hydrogens (tertiary/aromatic N) is 4. The van der Waals surface area contributed by atoms with Gasteiger partial charge in [-0.25, -0.2) is 4.79 Å². The smallest absolute Gasteiger partial charge is 0.332 e. The largest absolute Gasteiger partial charge is 0.425 e. The fourth-order valence-electron chi connectivity index (χ4n) is 3.81. The molecule has 2 aromatic carbocycles. The number of fused-ring (bicyclic) bond motifs is 1. The molecule has 0 saturated carbocycles. The van der Waals surface area contributed by atoms with Crippen LogP contribution in [-0.4, -0.2) is 30.4 Å². The molecule has 0 saturated heterocycles. The molecule has 0 unspecified atom stereocenters. The van der Waals surface area contributed by atoms with Crippen molar-refractivity contribution in [3.63, 3.8) is 0 Å². The zero-order valence-electron chi connectivity index (χ0n) is 19.1. The summed E-state index contributed by atoms with van der Waals surface area (Å²) in [6, 6.07) is 17.7. The molecule has 0 atom stereocenters. The molecule has 1 N–H and O–H groups in total. The summed E-state index contributed by atoms with van der Waals surface area (Å²) in [6.07, 6.45) is 0.304. The van der Waals surface area contributed by atoms with Gasteiger partial charge in [-0.15, -0.1) is 0 Å². The van der Waals surface area contributed by atoms with E-state index in [1.165, 1.54) is 4.57 Å². The Morgan fingerprint density at radius 1 is 1.03 bits per heavy atom. The first kappa shape index (κ1) is 22.5. The molecular weight excluding hydrogens is 420 g/mol. The topological polar surface area (TPSA) is 91.3 Å². The van der Waals surface area contributed by atoms with Crippen LogP contribution in [0.4, 0.5) is 0 Å². The summed E-state index contributed by atoms with van der Waals surface area (Å²) in [5.41, 5.74) is 1.71. The van der Waals surface area contributed by atoms with Crippen LogP contribution in [0.3, 0.4) is 0 Å².